The van der Waals surface area contributed by atoms with Crippen LogP contribution in [0, 0.1) is 5.82 Å². The molecule has 1 atom stereocenters. The van der Waals surface area contributed by atoms with E-state index in [0.29, 0.717) is 13.1 Å². The van der Waals surface area contributed by atoms with Crippen molar-refractivity contribution in [3.63, 3.8) is 0 Å². The first kappa shape index (κ1) is 24.0. The van der Waals surface area contributed by atoms with Gasteiger partial charge in [-0.25, -0.2) is 9.18 Å². The lowest BCUT2D eigenvalue weighted by Crippen LogP contribution is -2.50. The SMILES string of the molecule is COc1ccc(F)cc1[C@@H](O)Cn1c(S)c(-n2nccn2)n(C(C)(C)C(=O)N2CCCC2)c1=O. The van der Waals surface area contributed by atoms with E-state index in [1.54, 1.807) is 18.7 Å². The van der Waals surface area contributed by atoms with Crippen molar-refractivity contribution in [1.82, 2.24) is 29.0 Å². The Hall–Kier alpha value is -3.12. The molecule has 34 heavy (non-hydrogen) atoms. The quantitative estimate of drug-likeness (QED) is 0.489. The fourth-order valence-corrected chi connectivity index (χ4v) is 4.69. The molecule has 182 valence electrons. The normalized spacial score (nSPS) is 15.1. The average Bonchev–Trinajstić information content (AvgIpc) is 3.57. The molecule has 0 saturated carbocycles. The standard InChI is InChI=1S/C22H27FN6O4S/c1-22(2,20(31)26-10-4-5-11-26)28-18(29-24-8-9-25-29)19(34)27(21(28)32)13-16(30)15-12-14(23)6-7-17(15)33-3/h6-9,12,16,30,34H,4-5,10-11,13H2,1-3H3/t16-/m0/s1. The number of methoxy groups -OCH3 is 1. The van der Waals surface area contributed by atoms with Crippen LogP contribution in [-0.2, 0) is 16.9 Å². The summed E-state index contributed by atoms with van der Waals surface area (Å²) in [5.41, 5.74) is -1.68. The lowest BCUT2D eigenvalue weighted by molar-refractivity contribution is -0.138. The van der Waals surface area contributed by atoms with E-state index < -0.39 is 23.1 Å². The molecule has 3 aromatic rings. The predicted octanol–water partition coefficient (Wildman–Crippen LogP) is 1.76. The van der Waals surface area contributed by atoms with Crippen LogP contribution < -0.4 is 10.4 Å². The molecular weight excluding hydrogens is 463 g/mol. The molecule has 0 unspecified atom stereocenters. The van der Waals surface area contributed by atoms with Gasteiger partial charge in [0.15, 0.2) is 5.82 Å². The summed E-state index contributed by atoms with van der Waals surface area (Å²) < 4.78 is 21.6. The average molecular weight is 491 g/mol. The summed E-state index contributed by atoms with van der Waals surface area (Å²) in [4.78, 5) is 30.0. The first-order valence-corrected chi connectivity index (χ1v) is 11.3. The molecule has 1 aliphatic heterocycles. The maximum absolute atomic E-state index is 13.9. The van der Waals surface area contributed by atoms with E-state index in [4.69, 9.17) is 4.74 Å². The number of carbonyl (C=O) groups is 1. The number of hydrogen-bond acceptors (Lipinski definition) is 7. The maximum Gasteiger partial charge on any atom is 0.331 e. The number of ether oxygens (including phenoxy) is 1. The van der Waals surface area contributed by atoms with E-state index in [2.05, 4.69) is 22.8 Å². The van der Waals surface area contributed by atoms with Crippen molar-refractivity contribution >= 4 is 18.5 Å². The third-order valence-corrected chi connectivity index (χ3v) is 6.52. The molecule has 12 heteroatoms. The zero-order valence-corrected chi connectivity index (χ0v) is 20.1. The molecule has 10 nitrogen and oxygen atoms in total. The minimum atomic E-state index is -1.29. The Balaban J connectivity index is 1.82. The van der Waals surface area contributed by atoms with Gasteiger partial charge in [0.25, 0.3) is 0 Å². The molecule has 0 bridgehead atoms. The van der Waals surface area contributed by atoms with Crippen molar-refractivity contribution in [1.29, 1.82) is 0 Å². The largest absolute Gasteiger partial charge is 0.496 e. The minimum Gasteiger partial charge on any atom is -0.496 e. The second-order valence-electron chi connectivity index (χ2n) is 8.65. The first-order chi connectivity index (χ1) is 16.2. The van der Waals surface area contributed by atoms with Crippen LogP contribution in [0.25, 0.3) is 5.82 Å². The highest BCUT2D eigenvalue weighted by Gasteiger charge is 2.40. The molecule has 1 amide bonds. The summed E-state index contributed by atoms with van der Waals surface area (Å²) >= 11 is 4.55. The molecular formula is C22H27FN6O4S. The molecule has 3 heterocycles. The van der Waals surface area contributed by atoms with Crippen molar-refractivity contribution in [3.8, 4) is 11.6 Å². The number of nitrogens with zero attached hydrogens (tertiary/aromatic N) is 6. The summed E-state index contributed by atoms with van der Waals surface area (Å²) in [6.45, 7) is 4.31. The predicted molar refractivity (Wildman–Crippen MR) is 124 cm³/mol. The Bertz CT molecular complexity index is 1250. The van der Waals surface area contributed by atoms with Gasteiger partial charge in [0, 0.05) is 18.7 Å². The number of halogens is 1. The zero-order valence-electron chi connectivity index (χ0n) is 19.2. The fraction of sp³-hybridized carbons (Fsp3) is 0.455. The fourth-order valence-electron chi connectivity index (χ4n) is 4.33. The second kappa shape index (κ2) is 9.26. The highest BCUT2D eigenvalue weighted by molar-refractivity contribution is 7.80. The molecule has 1 saturated heterocycles. The smallest absolute Gasteiger partial charge is 0.331 e. The van der Waals surface area contributed by atoms with E-state index in [1.807, 2.05) is 0 Å². The van der Waals surface area contributed by atoms with Gasteiger partial charge in [0.1, 0.15) is 28.2 Å². The number of thiol groups is 1. The van der Waals surface area contributed by atoms with Crippen molar-refractivity contribution in [2.24, 2.45) is 0 Å². The summed E-state index contributed by atoms with van der Waals surface area (Å²) in [5, 5.41) is 19.3. The van der Waals surface area contributed by atoms with Gasteiger partial charge in [-0.2, -0.15) is 10.2 Å². The maximum atomic E-state index is 13.9. The number of amides is 1. The molecule has 2 aromatic heterocycles. The number of benzene rings is 1. The van der Waals surface area contributed by atoms with E-state index in [1.165, 1.54) is 45.6 Å². The van der Waals surface area contributed by atoms with Crippen LogP contribution in [0.2, 0.25) is 0 Å². The van der Waals surface area contributed by atoms with Crippen molar-refractivity contribution in [2.75, 3.05) is 20.2 Å². The Kier molecular flexibility index (Phi) is 6.54. The molecule has 0 aliphatic carbocycles. The summed E-state index contributed by atoms with van der Waals surface area (Å²) in [6, 6.07) is 3.77. The summed E-state index contributed by atoms with van der Waals surface area (Å²) in [7, 11) is 1.41. The minimum absolute atomic E-state index is 0.151. The van der Waals surface area contributed by atoms with Gasteiger partial charge in [-0.3, -0.25) is 13.9 Å². The Morgan fingerprint density at radius 3 is 2.53 bits per heavy atom. The van der Waals surface area contributed by atoms with E-state index in [9.17, 15) is 19.1 Å². The van der Waals surface area contributed by atoms with Gasteiger partial charge in [-0.15, -0.1) is 17.4 Å². The Labute approximate surface area is 201 Å². The molecule has 1 N–H and O–H groups in total. The summed E-state index contributed by atoms with van der Waals surface area (Å²) in [5.74, 6) is -0.294. The highest BCUT2D eigenvalue weighted by Crippen LogP contribution is 2.30. The Morgan fingerprint density at radius 1 is 1.26 bits per heavy atom. The van der Waals surface area contributed by atoms with Gasteiger partial charge in [0.2, 0.25) is 5.91 Å². The van der Waals surface area contributed by atoms with Crippen LogP contribution in [0.4, 0.5) is 4.39 Å². The second-order valence-corrected chi connectivity index (χ2v) is 9.08. The topological polar surface area (TPSA) is 107 Å². The molecule has 4 rings (SSSR count). The number of aromatic nitrogens is 5. The number of aliphatic hydroxyl groups excluding tert-OH is 1. The van der Waals surface area contributed by atoms with Crippen LogP contribution in [0.3, 0.4) is 0 Å². The first-order valence-electron chi connectivity index (χ1n) is 10.9. The molecule has 0 radical (unpaired) electrons. The van der Waals surface area contributed by atoms with Gasteiger partial charge in [0.05, 0.1) is 26.0 Å². The number of aliphatic hydroxyl groups is 1. The lowest BCUT2D eigenvalue weighted by atomic mass is 10.0. The van der Waals surface area contributed by atoms with Crippen LogP contribution >= 0.6 is 12.6 Å². The molecule has 1 fully saturated rings. The van der Waals surface area contributed by atoms with Gasteiger partial charge in [-0.05, 0) is 44.9 Å². The monoisotopic (exact) mass is 490 g/mol. The number of likely N-dealkylation sites (tertiary alicyclic amines) is 1. The third kappa shape index (κ3) is 4.11. The number of imidazole rings is 1. The molecule has 1 aromatic carbocycles. The number of rotatable bonds is 7. The van der Waals surface area contributed by atoms with Crippen LogP contribution in [0.1, 0.15) is 38.4 Å². The lowest BCUT2D eigenvalue weighted by Gasteiger charge is -2.30. The number of hydrogen-bond donors (Lipinski definition) is 2. The third-order valence-electron chi connectivity index (χ3n) is 6.08. The highest BCUT2D eigenvalue weighted by atomic mass is 32.1. The van der Waals surface area contributed by atoms with Crippen molar-refractivity contribution in [3.05, 3.63) is 52.5 Å². The van der Waals surface area contributed by atoms with Gasteiger partial charge < -0.3 is 14.7 Å². The van der Waals surface area contributed by atoms with E-state index in [-0.39, 0.29) is 34.6 Å². The van der Waals surface area contributed by atoms with Crippen LogP contribution in [0.5, 0.6) is 5.75 Å². The van der Waals surface area contributed by atoms with Crippen LogP contribution in [0.15, 0.2) is 40.4 Å². The van der Waals surface area contributed by atoms with E-state index >= 15 is 0 Å². The van der Waals surface area contributed by atoms with E-state index in [0.717, 1.165) is 18.9 Å². The van der Waals surface area contributed by atoms with Crippen molar-refractivity contribution in [2.45, 2.75) is 49.9 Å². The number of carbonyl (C=O) groups excluding carboxylic acids is 1. The van der Waals surface area contributed by atoms with Crippen LogP contribution in [-0.4, -0.2) is 60.2 Å². The van der Waals surface area contributed by atoms with Gasteiger partial charge >= 0.3 is 5.69 Å². The molecule has 1 aliphatic rings. The van der Waals surface area contributed by atoms with Gasteiger partial charge in [-0.1, -0.05) is 0 Å². The molecule has 0 spiro atoms. The summed E-state index contributed by atoms with van der Waals surface area (Å²) in [6.07, 6.45) is 3.42. The Morgan fingerprint density at radius 2 is 1.91 bits per heavy atom. The zero-order chi connectivity index (χ0) is 24.6. The van der Waals surface area contributed by atoms with Crippen molar-refractivity contribution < 1.29 is 19.0 Å².